The number of carbonyl (C=O) groups is 2. The van der Waals surface area contributed by atoms with Gasteiger partial charge in [0, 0.05) is 13.6 Å². The average molecular weight is 230 g/mol. The second kappa shape index (κ2) is 5.27. The van der Waals surface area contributed by atoms with E-state index in [-0.39, 0.29) is 12.0 Å². The van der Waals surface area contributed by atoms with E-state index >= 15 is 0 Å². The van der Waals surface area contributed by atoms with Crippen LogP contribution in [0, 0.1) is 0 Å². The minimum atomic E-state index is -1.02. The summed E-state index contributed by atoms with van der Waals surface area (Å²) < 4.78 is 5.41. The molecule has 0 aliphatic carbocycles. The van der Waals surface area contributed by atoms with Crippen LogP contribution in [0.5, 0.6) is 0 Å². The van der Waals surface area contributed by atoms with Gasteiger partial charge in [-0.15, -0.1) is 0 Å². The maximum Gasteiger partial charge on any atom is 0.326 e. The van der Waals surface area contributed by atoms with Crippen molar-refractivity contribution >= 4 is 11.9 Å². The van der Waals surface area contributed by atoms with Crippen LogP contribution in [0.25, 0.3) is 0 Å². The predicted octanol–water partition coefficient (Wildman–Crippen LogP) is -0.576. The van der Waals surface area contributed by atoms with E-state index in [4.69, 9.17) is 15.6 Å². The van der Waals surface area contributed by atoms with Crippen molar-refractivity contribution in [1.82, 2.24) is 4.90 Å². The van der Waals surface area contributed by atoms with Crippen LogP contribution in [-0.2, 0) is 14.3 Å². The smallest absolute Gasteiger partial charge is 0.326 e. The molecule has 0 bridgehead atoms. The van der Waals surface area contributed by atoms with Gasteiger partial charge in [0.05, 0.1) is 6.10 Å². The van der Waals surface area contributed by atoms with Crippen molar-refractivity contribution in [2.45, 2.75) is 38.0 Å². The highest BCUT2D eigenvalue weighted by Crippen LogP contribution is 2.20. The van der Waals surface area contributed by atoms with E-state index < -0.39 is 18.1 Å². The van der Waals surface area contributed by atoms with Gasteiger partial charge in [0.15, 0.2) is 0 Å². The Labute approximate surface area is 94.3 Å². The molecule has 16 heavy (non-hydrogen) atoms. The zero-order chi connectivity index (χ0) is 12.3. The van der Waals surface area contributed by atoms with Gasteiger partial charge in [-0.05, 0) is 19.8 Å². The lowest BCUT2D eigenvalue weighted by atomic mass is 10.1. The number of carbonyl (C=O) groups excluding carboxylic acids is 1. The molecule has 92 valence electrons. The lowest BCUT2D eigenvalue weighted by molar-refractivity contribution is -0.153. The highest BCUT2D eigenvalue weighted by Gasteiger charge is 2.34. The molecule has 6 heteroatoms. The summed E-state index contributed by atoms with van der Waals surface area (Å²) in [5, 5.41) is 8.79. The Hall–Kier alpha value is -1.14. The van der Waals surface area contributed by atoms with Crippen molar-refractivity contribution in [1.29, 1.82) is 0 Å². The molecule has 1 aliphatic rings. The van der Waals surface area contributed by atoms with Crippen LogP contribution in [0.1, 0.15) is 19.8 Å². The molecule has 1 heterocycles. The number of carboxylic acids is 1. The van der Waals surface area contributed by atoms with Gasteiger partial charge in [-0.1, -0.05) is 0 Å². The van der Waals surface area contributed by atoms with Gasteiger partial charge in [-0.2, -0.15) is 0 Å². The second-order valence-corrected chi connectivity index (χ2v) is 4.02. The number of nitrogens with zero attached hydrogens (tertiary/aromatic N) is 1. The number of carboxylic acid groups (broad SMARTS) is 1. The predicted molar refractivity (Wildman–Crippen MR) is 56.8 cm³/mol. The first kappa shape index (κ1) is 12.9. The SMILES string of the molecule is CC(C(=O)O)N(C)C(=O)C1CCC(CN)O1. The van der Waals surface area contributed by atoms with Gasteiger partial charge in [-0.25, -0.2) is 4.79 Å². The van der Waals surface area contributed by atoms with E-state index in [1.54, 1.807) is 0 Å². The molecule has 1 rings (SSSR count). The van der Waals surface area contributed by atoms with Crippen molar-refractivity contribution in [3.8, 4) is 0 Å². The van der Waals surface area contributed by atoms with Gasteiger partial charge >= 0.3 is 5.97 Å². The zero-order valence-electron chi connectivity index (χ0n) is 9.55. The second-order valence-electron chi connectivity index (χ2n) is 4.02. The van der Waals surface area contributed by atoms with E-state index in [9.17, 15) is 9.59 Å². The fourth-order valence-electron chi connectivity index (χ4n) is 1.64. The molecular formula is C10H18N2O4. The maximum absolute atomic E-state index is 11.8. The van der Waals surface area contributed by atoms with E-state index in [0.717, 1.165) is 6.42 Å². The molecule has 1 amide bonds. The summed E-state index contributed by atoms with van der Waals surface area (Å²) in [7, 11) is 1.47. The van der Waals surface area contributed by atoms with Crippen LogP contribution in [0.3, 0.4) is 0 Å². The maximum atomic E-state index is 11.8. The summed E-state index contributed by atoms with van der Waals surface area (Å²) in [5.41, 5.74) is 5.44. The topological polar surface area (TPSA) is 92.9 Å². The molecule has 1 aliphatic heterocycles. The van der Waals surface area contributed by atoms with Crippen molar-refractivity contribution in [2.24, 2.45) is 5.73 Å². The minimum absolute atomic E-state index is 0.0810. The summed E-state index contributed by atoms with van der Waals surface area (Å²) in [6, 6.07) is -0.840. The third-order valence-electron chi connectivity index (χ3n) is 2.93. The first-order valence-corrected chi connectivity index (χ1v) is 5.32. The Morgan fingerprint density at radius 1 is 1.56 bits per heavy atom. The standard InChI is InChI=1S/C10H18N2O4/c1-6(10(14)15)12(2)9(13)8-4-3-7(5-11)16-8/h6-8H,3-5,11H2,1-2H3,(H,14,15). The monoisotopic (exact) mass is 230 g/mol. The van der Waals surface area contributed by atoms with Gasteiger partial charge in [-0.3, -0.25) is 4.79 Å². The van der Waals surface area contributed by atoms with Gasteiger partial charge in [0.2, 0.25) is 0 Å². The highest BCUT2D eigenvalue weighted by molar-refractivity contribution is 5.86. The Morgan fingerprint density at radius 3 is 2.62 bits per heavy atom. The number of rotatable bonds is 4. The third kappa shape index (κ3) is 2.70. The molecule has 3 N–H and O–H groups in total. The molecule has 6 nitrogen and oxygen atoms in total. The van der Waals surface area contributed by atoms with E-state index in [1.807, 2.05) is 0 Å². The molecule has 1 saturated heterocycles. The van der Waals surface area contributed by atoms with Crippen molar-refractivity contribution in [3.63, 3.8) is 0 Å². The number of hydrogen-bond acceptors (Lipinski definition) is 4. The number of likely N-dealkylation sites (N-methyl/N-ethyl adjacent to an activating group) is 1. The zero-order valence-corrected chi connectivity index (χ0v) is 9.55. The van der Waals surface area contributed by atoms with Crippen LogP contribution in [-0.4, -0.2) is 53.7 Å². The number of nitrogens with two attached hydrogens (primary N) is 1. The molecule has 0 saturated carbocycles. The van der Waals surface area contributed by atoms with E-state index in [2.05, 4.69) is 0 Å². The third-order valence-corrected chi connectivity index (χ3v) is 2.93. The summed E-state index contributed by atoms with van der Waals surface area (Å²) in [4.78, 5) is 23.8. The average Bonchev–Trinajstić information content (AvgIpc) is 2.74. The fourth-order valence-corrected chi connectivity index (χ4v) is 1.64. The van der Waals surface area contributed by atoms with Gasteiger partial charge in [0.1, 0.15) is 12.1 Å². The normalized spacial score (nSPS) is 26.4. The Bertz CT molecular complexity index is 282. The molecule has 0 spiro atoms. The van der Waals surface area contributed by atoms with Crippen LogP contribution >= 0.6 is 0 Å². The number of aliphatic carboxylic acids is 1. The minimum Gasteiger partial charge on any atom is -0.480 e. The van der Waals surface area contributed by atoms with Crippen LogP contribution in [0.15, 0.2) is 0 Å². The Morgan fingerprint density at radius 2 is 2.19 bits per heavy atom. The summed E-state index contributed by atoms with van der Waals surface area (Å²) in [6.07, 6.45) is 0.738. The molecule has 3 unspecified atom stereocenters. The fraction of sp³-hybridized carbons (Fsp3) is 0.800. The molecule has 1 fully saturated rings. The molecular weight excluding hydrogens is 212 g/mol. The lowest BCUT2D eigenvalue weighted by Gasteiger charge is -2.24. The number of amides is 1. The summed E-state index contributed by atoms with van der Waals surface area (Å²) in [5.74, 6) is -1.31. The first-order chi connectivity index (χ1) is 7.47. The summed E-state index contributed by atoms with van der Waals surface area (Å²) >= 11 is 0. The van der Waals surface area contributed by atoms with Crippen molar-refractivity contribution < 1.29 is 19.4 Å². The quantitative estimate of drug-likeness (QED) is 0.674. The molecule has 0 aromatic rings. The van der Waals surface area contributed by atoms with Gasteiger partial charge < -0.3 is 20.5 Å². The van der Waals surface area contributed by atoms with Crippen molar-refractivity contribution in [3.05, 3.63) is 0 Å². The highest BCUT2D eigenvalue weighted by atomic mass is 16.5. The van der Waals surface area contributed by atoms with Crippen LogP contribution < -0.4 is 5.73 Å². The Kier molecular flexibility index (Phi) is 4.26. The number of hydrogen-bond donors (Lipinski definition) is 2. The van der Waals surface area contributed by atoms with Gasteiger partial charge in [0.25, 0.3) is 5.91 Å². The van der Waals surface area contributed by atoms with Crippen LogP contribution in [0.2, 0.25) is 0 Å². The Balaban J connectivity index is 2.55. The largest absolute Gasteiger partial charge is 0.480 e. The lowest BCUT2D eigenvalue weighted by Crippen LogP contribution is -2.45. The first-order valence-electron chi connectivity index (χ1n) is 5.32. The summed E-state index contributed by atoms with van der Waals surface area (Å²) in [6.45, 7) is 1.86. The molecule has 0 aromatic carbocycles. The molecule has 3 atom stereocenters. The van der Waals surface area contributed by atoms with Crippen molar-refractivity contribution in [2.75, 3.05) is 13.6 Å². The molecule has 0 radical (unpaired) electrons. The van der Waals surface area contributed by atoms with Crippen LogP contribution in [0.4, 0.5) is 0 Å². The molecule has 0 aromatic heterocycles. The number of ether oxygens (including phenoxy) is 1. The van der Waals surface area contributed by atoms with E-state index in [0.29, 0.717) is 13.0 Å². The van der Waals surface area contributed by atoms with E-state index in [1.165, 1.54) is 18.9 Å².